The molecular formula is C17H12N4O7. The summed E-state index contributed by atoms with van der Waals surface area (Å²) in [6, 6.07) is 5.34. The van der Waals surface area contributed by atoms with Crippen LogP contribution in [0.4, 0.5) is 5.69 Å². The van der Waals surface area contributed by atoms with Gasteiger partial charge in [0.15, 0.2) is 29.1 Å². The maximum absolute atomic E-state index is 11.0. The first kappa shape index (κ1) is 17.3. The number of nitro benzene ring substituents is 1. The van der Waals surface area contributed by atoms with E-state index < -0.39 is 22.1 Å². The Morgan fingerprint density at radius 1 is 1.11 bits per heavy atom. The standard InChI is InChI=1S/C17H12N4O7/c22-11-3-1-8(16-14(11)18-7-27-16)2-4-13-19-17(28-20-13)9-5-10(21(25)26)15(24)12(23)6-9/h1,3,5-7,22-24H,2,4H2. The third-order valence-electron chi connectivity index (χ3n) is 4.14. The number of hydrogen-bond donors (Lipinski definition) is 3. The Kier molecular flexibility index (Phi) is 4.03. The van der Waals surface area contributed by atoms with Gasteiger partial charge in [0, 0.05) is 12.5 Å². The second-order valence-electron chi connectivity index (χ2n) is 5.91. The lowest BCUT2D eigenvalue weighted by atomic mass is 10.1. The lowest BCUT2D eigenvalue weighted by molar-refractivity contribution is -0.385. The molecule has 11 heteroatoms. The zero-order valence-corrected chi connectivity index (χ0v) is 14.1. The molecule has 2 aromatic heterocycles. The number of phenols is 3. The predicted molar refractivity (Wildman–Crippen MR) is 92.8 cm³/mol. The zero-order chi connectivity index (χ0) is 19.8. The van der Waals surface area contributed by atoms with Crippen molar-refractivity contribution < 1.29 is 29.2 Å². The molecule has 0 atom stereocenters. The second kappa shape index (κ2) is 6.54. The van der Waals surface area contributed by atoms with Gasteiger partial charge in [-0.3, -0.25) is 10.1 Å². The molecule has 3 N–H and O–H groups in total. The highest BCUT2D eigenvalue weighted by atomic mass is 16.6. The quantitative estimate of drug-likeness (QED) is 0.264. The van der Waals surface area contributed by atoms with E-state index in [-0.39, 0.29) is 17.2 Å². The number of nitro groups is 1. The summed E-state index contributed by atoms with van der Waals surface area (Å²) in [5.74, 6) is -1.20. The second-order valence-corrected chi connectivity index (χ2v) is 5.91. The van der Waals surface area contributed by atoms with Crippen LogP contribution in [0.5, 0.6) is 17.2 Å². The van der Waals surface area contributed by atoms with Crippen molar-refractivity contribution in [1.29, 1.82) is 0 Å². The lowest BCUT2D eigenvalue weighted by Gasteiger charge is -2.01. The molecule has 0 aliphatic heterocycles. The summed E-state index contributed by atoms with van der Waals surface area (Å²) in [4.78, 5) is 18.3. The van der Waals surface area contributed by atoms with Crippen LogP contribution in [0.2, 0.25) is 0 Å². The van der Waals surface area contributed by atoms with Crippen molar-refractivity contribution in [3.63, 3.8) is 0 Å². The van der Waals surface area contributed by atoms with Gasteiger partial charge in [-0.25, -0.2) is 4.98 Å². The Labute approximate surface area is 155 Å². The highest BCUT2D eigenvalue weighted by Crippen LogP contribution is 2.39. The molecule has 142 valence electrons. The molecule has 4 aromatic rings. The van der Waals surface area contributed by atoms with Crippen LogP contribution < -0.4 is 0 Å². The van der Waals surface area contributed by atoms with E-state index in [0.717, 1.165) is 17.7 Å². The largest absolute Gasteiger partial charge is 0.506 e. The van der Waals surface area contributed by atoms with Gasteiger partial charge < -0.3 is 24.3 Å². The molecule has 0 unspecified atom stereocenters. The van der Waals surface area contributed by atoms with Crippen molar-refractivity contribution in [2.24, 2.45) is 0 Å². The summed E-state index contributed by atoms with van der Waals surface area (Å²) >= 11 is 0. The number of nitrogens with zero attached hydrogens (tertiary/aromatic N) is 4. The molecule has 0 radical (unpaired) electrons. The molecule has 0 aliphatic rings. The van der Waals surface area contributed by atoms with E-state index in [1.807, 2.05) is 0 Å². The fraction of sp³-hybridized carbons (Fsp3) is 0.118. The molecule has 28 heavy (non-hydrogen) atoms. The molecule has 0 fully saturated rings. The van der Waals surface area contributed by atoms with Gasteiger partial charge in [0.1, 0.15) is 5.75 Å². The van der Waals surface area contributed by atoms with E-state index in [2.05, 4.69) is 15.1 Å². The first-order valence-corrected chi connectivity index (χ1v) is 8.01. The molecule has 0 spiro atoms. The monoisotopic (exact) mass is 384 g/mol. The topological polar surface area (TPSA) is 169 Å². The van der Waals surface area contributed by atoms with E-state index in [0.29, 0.717) is 29.8 Å². The van der Waals surface area contributed by atoms with Crippen molar-refractivity contribution in [2.75, 3.05) is 0 Å². The molecule has 0 aliphatic carbocycles. The normalized spacial score (nSPS) is 11.1. The van der Waals surface area contributed by atoms with Crippen molar-refractivity contribution >= 4 is 16.8 Å². The highest BCUT2D eigenvalue weighted by Gasteiger charge is 2.22. The summed E-state index contributed by atoms with van der Waals surface area (Å²) in [7, 11) is 0. The third-order valence-corrected chi connectivity index (χ3v) is 4.14. The Morgan fingerprint density at radius 3 is 2.71 bits per heavy atom. The minimum atomic E-state index is -0.836. The summed E-state index contributed by atoms with van der Waals surface area (Å²) in [5.41, 5.74) is 1.03. The SMILES string of the molecule is O=[N+]([O-])c1cc(-c2nc(CCc3ccc(O)c4ncoc34)no2)cc(O)c1O. The van der Waals surface area contributed by atoms with E-state index in [9.17, 15) is 25.4 Å². The fourth-order valence-electron chi connectivity index (χ4n) is 2.77. The van der Waals surface area contributed by atoms with E-state index >= 15 is 0 Å². The average molecular weight is 384 g/mol. The van der Waals surface area contributed by atoms with Gasteiger partial charge >= 0.3 is 5.69 Å². The predicted octanol–water partition coefficient (Wildman–Crippen LogP) is 2.69. The summed E-state index contributed by atoms with van der Waals surface area (Å²) in [6.45, 7) is 0. The molecular weight excluding hydrogens is 372 g/mol. The van der Waals surface area contributed by atoms with Crippen LogP contribution in [0, 0.1) is 10.1 Å². The van der Waals surface area contributed by atoms with Crippen molar-refractivity contribution in [3.8, 4) is 28.7 Å². The molecule has 0 amide bonds. The van der Waals surface area contributed by atoms with Crippen LogP contribution in [-0.2, 0) is 12.8 Å². The molecule has 11 nitrogen and oxygen atoms in total. The Morgan fingerprint density at radius 2 is 1.93 bits per heavy atom. The van der Waals surface area contributed by atoms with Crippen LogP contribution in [-0.4, -0.2) is 35.4 Å². The highest BCUT2D eigenvalue weighted by molar-refractivity contribution is 5.82. The smallest absolute Gasteiger partial charge is 0.315 e. The van der Waals surface area contributed by atoms with Gasteiger partial charge in [0.05, 0.1) is 10.5 Å². The Balaban J connectivity index is 1.58. The zero-order valence-electron chi connectivity index (χ0n) is 14.1. The van der Waals surface area contributed by atoms with Gasteiger partial charge in [-0.05, 0) is 24.1 Å². The van der Waals surface area contributed by atoms with E-state index in [1.165, 1.54) is 12.5 Å². The van der Waals surface area contributed by atoms with E-state index in [1.54, 1.807) is 6.07 Å². The third kappa shape index (κ3) is 2.94. The van der Waals surface area contributed by atoms with Gasteiger partial charge in [0.25, 0.3) is 5.89 Å². The number of aromatic nitrogens is 3. The molecule has 0 bridgehead atoms. The van der Waals surface area contributed by atoms with Crippen LogP contribution in [0.15, 0.2) is 39.6 Å². The number of aryl methyl sites for hydroxylation is 2. The summed E-state index contributed by atoms with van der Waals surface area (Å²) < 4.78 is 10.4. The van der Waals surface area contributed by atoms with Crippen LogP contribution >= 0.6 is 0 Å². The number of rotatable bonds is 5. The number of aromatic hydroxyl groups is 3. The van der Waals surface area contributed by atoms with Crippen LogP contribution in [0.1, 0.15) is 11.4 Å². The maximum atomic E-state index is 11.0. The maximum Gasteiger partial charge on any atom is 0.315 e. The average Bonchev–Trinajstić information content (AvgIpc) is 3.33. The first-order valence-electron chi connectivity index (χ1n) is 8.01. The Bertz CT molecular complexity index is 1200. The Hall–Kier alpha value is -4.15. The number of oxazole rings is 1. The lowest BCUT2D eigenvalue weighted by Crippen LogP contribution is -1.94. The van der Waals surface area contributed by atoms with Crippen molar-refractivity contribution in [3.05, 3.63) is 52.2 Å². The van der Waals surface area contributed by atoms with Crippen molar-refractivity contribution in [1.82, 2.24) is 15.1 Å². The molecule has 4 rings (SSSR count). The molecule has 2 aromatic carbocycles. The minimum absolute atomic E-state index is 0.0167. The fourth-order valence-corrected chi connectivity index (χ4v) is 2.77. The van der Waals surface area contributed by atoms with Gasteiger partial charge in [0.2, 0.25) is 5.75 Å². The number of hydrogen-bond acceptors (Lipinski definition) is 10. The number of fused-ring (bicyclic) bond motifs is 1. The minimum Gasteiger partial charge on any atom is -0.506 e. The van der Waals surface area contributed by atoms with Gasteiger partial charge in [-0.1, -0.05) is 11.2 Å². The van der Waals surface area contributed by atoms with Crippen molar-refractivity contribution in [2.45, 2.75) is 12.8 Å². The van der Waals surface area contributed by atoms with Crippen LogP contribution in [0.3, 0.4) is 0 Å². The molecule has 2 heterocycles. The first-order chi connectivity index (χ1) is 13.4. The number of benzene rings is 2. The van der Waals surface area contributed by atoms with Gasteiger partial charge in [-0.2, -0.15) is 4.98 Å². The van der Waals surface area contributed by atoms with Crippen LogP contribution in [0.25, 0.3) is 22.6 Å². The van der Waals surface area contributed by atoms with Gasteiger partial charge in [-0.15, -0.1) is 0 Å². The number of phenolic OH excluding ortho intramolecular Hbond substituents is 3. The summed E-state index contributed by atoms with van der Waals surface area (Å²) in [5, 5.41) is 43.8. The molecule has 0 saturated heterocycles. The summed E-state index contributed by atoms with van der Waals surface area (Å²) in [6.07, 6.45) is 2.06. The molecule has 0 saturated carbocycles. The van der Waals surface area contributed by atoms with E-state index in [4.69, 9.17) is 8.94 Å².